The summed E-state index contributed by atoms with van der Waals surface area (Å²) in [6.45, 7) is 4.25. The summed E-state index contributed by atoms with van der Waals surface area (Å²) in [5.41, 5.74) is 4.37. The quantitative estimate of drug-likeness (QED) is 0.743. The van der Waals surface area contributed by atoms with Crippen LogP contribution >= 0.6 is 0 Å². The number of hydrogen-bond donors (Lipinski definition) is 2. The third kappa shape index (κ3) is 3.94. The Bertz CT molecular complexity index is 1000. The number of aromatic amines is 1. The lowest BCUT2D eigenvalue weighted by Gasteiger charge is -2.08. The van der Waals surface area contributed by atoms with Crippen molar-refractivity contribution in [2.45, 2.75) is 26.8 Å². The van der Waals surface area contributed by atoms with Crippen LogP contribution in [0.5, 0.6) is 5.75 Å². The Kier molecular flexibility index (Phi) is 5.07. The van der Waals surface area contributed by atoms with Gasteiger partial charge in [-0.25, -0.2) is 0 Å². The minimum absolute atomic E-state index is 0.130. The maximum atomic E-state index is 12.3. The molecule has 0 aliphatic carbocycles. The number of ether oxygens (including phenoxy) is 1. The van der Waals surface area contributed by atoms with Gasteiger partial charge in [0.1, 0.15) is 5.75 Å². The first-order valence-electron chi connectivity index (χ1n) is 8.49. The van der Waals surface area contributed by atoms with Crippen molar-refractivity contribution in [1.82, 2.24) is 10.3 Å². The summed E-state index contributed by atoms with van der Waals surface area (Å²) >= 11 is 0. The smallest absolute Gasteiger partial charge is 0.253 e. The molecule has 0 bridgehead atoms. The summed E-state index contributed by atoms with van der Waals surface area (Å²) in [5, 5.41) is 3.78. The molecule has 0 saturated heterocycles. The van der Waals surface area contributed by atoms with Gasteiger partial charge in [0.25, 0.3) is 5.56 Å². The van der Waals surface area contributed by atoms with Crippen molar-refractivity contribution < 1.29 is 9.53 Å². The van der Waals surface area contributed by atoms with E-state index in [2.05, 4.69) is 10.3 Å². The number of nitrogens with one attached hydrogen (secondary N) is 2. The molecule has 0 atom stereocenters. The topological polar surface area (TPSA) is 71.2 Å². The molecule has 0 aliphatic heterocycles. The lowest BCUT2D eigenvalue weighted by molar-refractivity contribution is -0.120. The summed E-state index contributed by atoms with van der Waals surface area (Å²) in [5.74, 6) is 0.622. The van der Waals surface area contributed by atoms with E-state index in [0.717, 1.165) is 27.8 Å². The van der Waals surface area contributed by atoms with Crippen LogP contribution < -0.4 is 15.6 Å². The van der Waals surface area contributed by atoms with Crippen LogP contribution in [-0.2, 0) is 17.8 Å². The Morgan fingerprint density at radius 1 is 1.08 bits per heavy atom. The van der Waals surface area contributed by atoms with Crippen LogP contribution in [-0.4, -0.2) is 18.0 Å². The fourth-order valence-electron chi connectivity index (χ4n) is 2.84. The van der Waals surface area contributed by atoms with Gasteiger partial charge in [0, 0.05) is 17.6 Å². The van der Waals surface area contributed by atoms with Crippen LogP contribution in [0.15, 0.2) is 47.3 Å². The summed E-state index contributed by atoms with van der Waals surface area (Å²) in [6, 6.07) is 13.2. The van der Waals surface area contributed by atoms with Gasteiger partial charge in [-0.05, 0) is 66.3 Å². The third-order valence-corrected chi connectivity index (χ3v) is 4.54. The molecular weight excluding hydrogens is 328 g/mol. The highest BCUT2D eigenvalue weighted by Gasteiger charge is 2.08. The first kappa shape index (κ1) is 17.7. The molecular formula is C21H22N2O3. The number of rotatable bonds is 5. The number of carbonyl (C=O) groups excluding carboxylic acids is 1. The predicted octanol–water partition coefficient (Wildman–Crippen LogP) is 3.01. The molecule has 0 unspecified atom stereocenters. The Balaban J connectivity index is 1.70. The molecule has 3 rings (SSSR count). The number of H-pyrrole nitrogens is 1. The van der Waals surface area contributed by atoms with Gasteiger partial charge in [-0.3, -0.25) is 9.59 Å². The first-order chi connectivity index (χ1) is 12.5. The van der Waals surface area contributed by atoms with Crippen LogP contribution in [0.2, 0.25) is 0 Å². The van der Waals surface area contributed by atoms with Crippen molar-refractivity contribution in [2.24, 2.45) is 0 Å². The van der Waals surface area contributed by atoms with E-state index >= 15 is 0 Å². The average Bonchev–Trinajstić information content (AvgIpc) is 2.62. The highest BCUT2D eigenvalue weighted by molar-refractivity contribution is 5.81. The summed E-state index contributed by atoms with van der Waals surface area (Å²) in [6.07, 6.45) is 0.258. The van der Waals surface area contributed by atoms with Crippen molar-refractivity contribution in [3.63, 3.8) is 0 Å². The van der Waals surface area contributed by atoms with E-state index in [4.69, 9.17) is 4.74 Å². The molecule has 0 fully saturated rings. The zero-order valence-corrected chi connectivity index (χ0v) is 15.2. The van der Waals surface area contributed by atoms with Crippen LogP contribution in [0.3, 0.4) is 0 Å². The number of aromatic nitrogens is 1. The second-order valence-corrected chi connectivity index (χ2v) is 6.45. The maximum Gasteiger partial charge on any atom is 0.253 e. The van der Waals surface area contributed by atoms with Gasteiger partial charge < -0.3 is 15.0 Å². The predicted molar refractivity (Wildman–Crippen MR) is 103 cm³/mol. The van der Waals surface area contributed by atoms with E-state index in [9.17, 15) is 9.59 Å². The van der Waals surface area contributed by atoms with E-state index in [-0.39, 0.29) is 24.4 Å². The number of carbonyl (C=O) groups is 1. The van der Waals surface area contributed by atoms with Gasteiger partial charge in [0.15, 0.2) is 0 Å². The number of benzene rings is 2. The SMILES string of the molecule is COc1ccc(CC(=O)NCc2cc3cc(C)c(C)cc3[nH]c2=O)cc1. The van der Waals surface area contributed by atoms with Crippen molar-refractivity contribution >= 4 is 16.8 Å². The van der Waals surface area contributed by atoms with E-state index in [1.165, 1.54) is 5.56 Å². The van der Waals surface area contributed by atoms with Gasteiger partial charge in [-0.15, -0.1) is 0 Å². The molecule has 2 N–H and O–H groups in total. The molecule has 0 spiro atoms. The van der Waals surface area contributed by atoms with Gasteiger partial charge in [0.2, 0.25) is 5.91 Å². The average molecular weight is 350 g/mol. The summed E-state index contributed by atoms with van der Waals surface area (Å²) < 4.78 is 5.10. The van der Waals surface area contributed by atoms with E-state index < -0.39 is 0 Å². The van der Waals surface area contributed by atoms with Crippen LogP contribution in [0, 0.1) is 13.8 Å². The lowest BCUT2D eigenvalue weighted by atomic mass is 10.0. The number of methoxy groups -OCH3 is 1. The van der Waals surface area contributed by atoms with Crippen LogP contribution in [0.25, 0.3) is 10.9 Å². The highest BCUT2D eigenvalue weighted by Crippen LogP contribution is 2.17. The van der Waals surface area contributed by atoms with Crippen LogP contribution in [0.1, 0.15) is 22.3 Å². The molecule has 5 heteroatoms. The molecule has 5 nitrogen and oxygen atoms in total. The monoisotopic (exact) mass is 350 g/mol. The van der Waals surface area contributed by atoms with Gasteiger partial charge in [-0.1, -0.05) is 12.1 Å². The van der Waals surface area contributed by atoms with E-state index in [1.54, 1.807) is 7.11 Å². The van der Waals surface area contributed by atoms with Gasteiger partial charge in [0.05, 0.1) is 13.5 Å². The number of pyridine rings is 1. The third-order valence-electron chi connectivity index (χ3n) is 4.54. The second-order valence-electron chi connectivity index (χ2n) is 6.45. The molecule has 0 saturated carbocycles. The lowest BCUT2D eigenvalue weighted by Crippen LogP contribution is -2.28. The largest absolute Gasteiger partial charge is 0.497 e. The molecule has 134 valence electrons. The summed E-state index contributed by atoms with van der Waals surface area (Å²) in [7, 11) is 1.60. The van der Waals surface area contributed by atoms with Crippen molar-refractivity contribution in [3.8, 4) is 5.75 Å². The minimum Gasteiger partial charge on any atom is -0.497 e. The standard InChI is InChI=1S/C21H22N2O3/c1-13-8-16-11-17(21(25)23-19(16)9-14(13)2)12-22-20(24)10-15-4-6-18(26-3)7-5-15/h4-9,11H,10,12H2,1-3H3,(H,22,24)(H,23,25). The normalized spacial score (nSPS) is 10.7. The van der Waals surface area contributed by atoms with Crippen molar-refractivity contribution in [1.29, 1.82) is 0 Å². The maximum absolute atomic E-state index is 12.3. The number of amides is 1. The second kappa shape index (κ2) is 7.44. The fraction of sp³-hybridized carbons (Fsp3) is 0.238. The van der Waals surface area contributed by atoms with Crippen molar-refractivity contribution in [3.05, 3.63) is 75.1 Å². The molecule has 1 heterocycles. The molecule has 1 amide bonds. The zero-order chi connectivity index (χ0) is 18.7. The molecule has 26 heavy (non-hydrogen) atoms. The van der Waals surface area contributed by atoms with E-state index in [0.29, 0.717) is 5.56 Å². The number of aryl methyl sites for hydroxylation is 2. The number of hydrogen-bond acceptors (Lipinski definition) is 3. The molecule has 2 aromatic carbocycles. The first-order valence-corrected chi connectivity index (χ1v) is 8.49. The molecule has 1 aromatic heterocycles. The van der Waals surface area contributed by atoms with E-state index in [1.807, 2.05) is 56.3 Å². The zero-order valence-electron chi connectivity index (χ0n) is 15.2. The number of fused-ring (bicyclic) bond motifs is 1. The molecule has 0 aliphatic rings. The Labute approximate surface area is 152 Å². The Hall–Kier alpha value is -3.08. The molecule has 0 radical (unpaired) electrons. The van der Waals surface area contributed by atoms with Gasteiger partial charge >= 0.3 is 0 Å². The van der Waals surface area contributed by atoms with Gasteiger partial charge in [-0.2, -0.15) is 0 Å². The summed E-state index contributed by atoms with van der Waals surface area (Å²) in [4.78, 5) is 27.3. The minimum atomic E-state index is -0.175. The molecule has 3 aromatic rings. The Morgan fingerprint density at radius 2 is 1.77 bits per heavy atom. The Morgan fingerprint density at radius 3 is 2.46 bits per heavy atom. The van der Waals surface area contributed by atoms with Crippen LogP contribution in [0.4, 0.5) is 0 Å². The van der Waals surface area contributed by atoms with Crippen molar-refractivity contribution in [2.75, 3.05) is 7.11 Å². The fourth-order valence-corrected chi connectivity index (χ4v) is 2.84. The highest BCUT2D eigenvalue weighted by atomic mass is 16.5.